The first-order valence-electron chi connectivity index (χ1n) is 6.86. The van der Waals surface area contributed by atoms with E-state index < -0.39 is 5.97 Å². The maximum atomic E-state index is 11.7. The van der Waals surface area contributed by atoms with Crippen LogP contribution in [-0.4, -0.2) is 45.5 Å². The molecule has 1 aromatic rings. The van der Waals surface area contributed by atoms with Gasteiger partial charge in [-0.15, -0.1) is 0 Å². The Bertz CT molecular complexity index is 525. The molecule has 0 amide bonds. The molecule has 21 heavy (non-hydrogen) atoms. The van der Waals surface area contributed by atoms with Crippen molar-refractivity contribution in [2.75, 3.05) is 45.0 Å². The lowest BCUT2D eigenvalue weighted by molar-refractivity contribution is -0.00619. The summed E-state index contributed by atoms with van der Waals surface area (Å²) in [6.45, 7) is 3.73. The van der Waals surface area contributed by atoms with Gasteiger partial charge in [-0.25, -0.2) is 4.79 Å². The molecule has 0 saturated carbocycles. The molecule has 1 saturated heterocycles. The van der Waals surface area contributed by atoms with Gasteiger partial charge in [-0.3, -0.25) is 0 Å². The van der Waals surface area contributed by atoms with E-state index in [4.69, 9.17) is 19.9 Å². The lowest BCUT2D eigenvalue weighted by Gasteiger charge is -2.26. The van der Waals surface area contributed by atoms with Crippen LogP contribution in [0, 0.1) is 6.92 Å². The summed E-state index contributed by atoms with van der Waals surface area (Å²) in [5, 5.41) is 3.30. The van der Waals surface area contributed by atoms with Crippen LogP contribution in [0.15, 0.2) is 12.1 Å². The van der Waals surface area contributed by atoms with Gasteiger partial charge in [0.2, 0.25) is 0 Å². The van der Waals surface area contributed by atoms with Crippen LogP contribution in [0.25, 0.3) is 0 Å². The highest BCUT2D eigenvalue weighted by Crippen LogP contribution is 2.26. The lowest BCUT2D eigenvalue weighted by atomic mass is 10.0. The number of benzene rings is 1. The Kier molecular flexibility index (Phi) is 4.69. The van der Waals surface area contributed by atoms with Crippen molar-refractivity contribution in [1.29, 1.82) is 0 Å². The first-order chi connectivity index (χ1) is 10.0. The molecule has 1 fully saturated rings. The van der Waals surface area contributed by atoms with Crippen LogP contribution < -0.4 is 11.1 Å². The second-order valence-electron chi connectivity index (χ2n) is 5.29. The molecule has 116 valence electrons. The minimum atomic E-state index is -0.440. The van der Waals surface area contributed by atoms with Gasteiger partial charge in [0.05, 0.1) is 19.3 Å². The smallest absolute Gasteiger partial charge is 0.340 e. The molecule has 6 heteroatoms. The fraction of sp³-hybridized carbons (Fsp3) is 0.533. The van der Waals surface area contributed by atoms with Crippen LogP contribution >= 0.6 is 0 Å². The first kappa shape index (κ1) is 15.6. The number of nitrogens with two attached hydrogens (primary N) is 1. The van der Waals surface area contributed by atoms with Gasteiger partial charge in [-0.2, -0.15) is 0 Å². The number of hydrogen-bond acceptors (Lipinski definition) is 6. The van der Waals surface area contributed by atoms with Gasteiger partial charge in [-0.05, 0) is 24.6 Å². The average molecular weight is 294 g/mol. The SMILES string of the molecule is COC(=O)c1cc(NCC2(OC)CCOC2)cc(C)c1N. The molecular weight excluding hydrogens is 272 g/mol. The molecule has 1 atom stereocenters. The summed E-state index contributed by atoms with van der Waals surface area (Å²) in [6, 6.07) is 3.61. The van der Waals surface area contributed by atoms with Crippen LogP contribution in [-0.2, 0) is 14.2 Å². The monoisotopic (exact) mass is 294 g/mol. The van der Waals surface area contributed by atoms with Crippen molar-refractivity contribution in [2.24, 2.45) is 0 Å². The number of ether oxygens (including phenoxy) is 3. The van der Waals surface area contributed by atoms with Crippen molar-refractivity contribution in [1.82, 2.24) is 0 Å². The highest BCUT2D eigenvalue weighted by Gasteiger charge is 2.34. The Morgan fingerprint density at radius 3 is 2.81 bits per heavy atom. The molecule has 0 spiro atoms. The molecule has 1 aliphatic rings. The fourth-order valence-electron chi connectivity index (χ4n) is 2.40. The summed E-state index contributed by atoms with van der Waals surface area (Å²) in [5.74, 6) is -0.440. The van der Waals surface area contributed by atoms with Gasteiger partial charge < -0.3 is 25.3 Å². The van der Waals surface area contributed by atoms with Crippen molar-refractivity contribution < 1.29 is 19.0 Å². The maximum absolute atomic E-state index is 11.7. The number of carbonyl (C=O) groups is 1. The number of nitrogens with one attached hydrogen (secondary N) is 1. The van der Waals surface area contributed by atoms with Crippen LogP contribution in [0.5, 0.6) is 0 Å². The Balaban J connectivity index is 2.17. The molecule has 0 aliphatic carbocycles. The van der Waals surface area contributed by atoms with Gasteiger partial charge in [-0.1, -0.05) is 0 Å². The third-order valence-electron chi connectivity index (χ3n) is 3.91. The van der Waals surface area contributed by atoms with E-state index in [2.05, 4.69) is 5.32 Å². The Labute approximate surface area is 124 Å². The summed E-state index contributed by atoms with van der Waals surface area (Å²) in [4.78, 5) is 11.7. The third-order valence-corrected chi connectivity index (χ3v) is 3.91. The minimum Gasteiger partial charge on any atom is -0.465 e. The molecule has 1 heterocycles. The number of hydrogen-bond donors (Lipinski definition) is 2. The molecule has 1 unspecified atom stereocenters. The van der Waals surface area contributed by atoms with E-state index in [1.165, 1.54) is 7.11 Å². The van der Waals surface area contributed by atoms with E-state index in [9.17, 15) is 4.79 Å². The number of rotatable bonds is 5. The zero-order valence-corrected chi connectivity index (χ0v) is 12.7. The van der Waals surface area contributed by atoms with E-state index in [1.54, 1.807) is 13.2 Å². The average Bonchev–Trinajstić information content (AvgIpc) is 2.97. The molecule has 1 aliphatic heterocycles. The Morgan fingerprint density at radius 1 is 1.48 bits per heavy atom. The third kappa shape index (κ3) is 3.28. The number of carbonyl (C=O) groups excluding carboxylic acids is 1. The number of esters is 1. The molecule has 1 aromatic carbocycles. The van der Waals surface area contributed by atoms with E-state index in [1.807, 2.05) is 13.0 Å². The second-order valence-corrected chi connectivity index (χ2v) is 5.29. The standard InChI is InChI=1S/C15H22N2O4/c1-10-6-11(7-12(13(10)16)14(18)19-2)17-8-15(20-3)4-5-21-9-15/h6-7,17H,4-5,8-9,16H2,1-3H3. The van der Waals surface area contributed by atoms with E-state index in [0.29, 0.717) is 31.0 Å². The Morgan fingerprint density at radius 2 is 2.24 bits per heavy atom. The summed E-state index contributed by atoms with van der Waals surface area (Å²) in [5.41, 5.74) is 8.06. The quantitative estimate of drug-likeness (QED) is 0.634. The minimum absolute atomic E-state index is 0.319. The number of anilines is 2. The predicted molar refractivity (Wildman–Crippen MR) is 80.6 cm³/mol. The lowest BCUT2D eigenvalue weighted by Crippen LogP contribution is -2.39. The summed E-state index contributed by atoms with van der Waals surface area (Å²) < 4.78 is 15.7. The molecule has 3 N–H and O–H groups in total. The highest BCUT2D eigenvalue weighted by molar-refractivity contribution is 5.97. The Hall–Kier alpha value is -1.79. The van der Waals surface area contributed by atoms with E-state index >= 15 is 0 Å². The fourth-order valence-corrected chi connectivity index (χ4v) is 2.40. The summed E-state index contributed by atoms with van der Waals surface area (Å²) in [6.07, 6.45) is 0.842. The molecule has 0 aromatic heterocycles. The van der Waals surface area contributed by atoms with Crippen molar-refractivity contribution in [3.8, 4) is 0 Å². The van der Waals surface area contributed by atoms with Crippen LogP contribution in [0.4, 0.5) is 11.4 Å². The van der Waals surface area contributed by atoms with E-state index in [-0.39, 0.29) is 5.60 Å². The number of nitrogen functional groups attached to an aromatic ring is 1. The second kappa shape index (κ2) is 6.32. The van der Waals surface area contributed by atoms with Crippen molar-refractivity contribution >= 4 is 17.3 Å². The molecule has 2 rings (SSSR count). The van der Waals surface area contributed by atoms with Crippen LogP contribution in [0.2, 0.25) is 0 Å². The highest BCUT2D eigenvalue weighted by atomic mass is 16.5. The normalized spacial score (nSPS) is 21.3. The van der Waals surface area contributed by atoms with Crippen LogP contribution in [0.3, 0.4) is 0 Å². The molecular formula is C15H22N2O4. The van der Waals surface area contributed by atoms with Crippen molar-refractivity contribution in [3.05, 3.63) is 23.3 Å². The molecule has 6 nitrogen and oxygen atoms in total. The van der Waals surface area contributed by atoms with Gasteiger partial charge in [0.1, 0.15) is 5.60 Å². The van der Waals surface area contributed by atoms with Gasteiger partial charge >= 0.3 is 5.97 Å². The largest absolute Gasteiger partial charge is 0.465 e. The number of aryl methyl sites for hydroxylation is 1. The predicted octanol–water partition coefficient (Wildman–Crippen LogP) is 1.58. The van der Waals surface area contributed by atoms with E-state index in [0.717, 1.165) is 17.7 Å². The maximum Gasteiger partial charge on any atom is 0.340 e. The zero-order chi connectivity index (χ0) is 15.5. The van der Waals surface area contributed by atoms with Crippen molar-refractivity contribution in [3.63, 3.8) is 0 Å². The van der Waals surface area contributed by atoms with Crippen LogP contribution in [0.1, 0.15) is 22.3 Å². The molecule has 0 bridgehead atoms. The number of methoxy groups -OCH3 is 2. The summed E-state index contributed by atoms with van der Waals surface area (Å²) >= 11 is 0. The van der Waals surface area contributed by atoms with Gasteiger partial charge in [0.25, 0.3) is 0 Å². The topological polar surface area (TPSA) is 82.8 Å². The summed E-state index contributed by atoms with van der Waals surface area (Å²) in [7, 11) is 3.03. The van der Waals surface area contributed by atoms with Crippen molar-refractivity contribution in [2.45, 2.75) is 18.9 Å². The zero-order valence-electron chi connectivity index (χ0n) is 12.7. The molecule has 0 radical (unpaired) electrons. The first-order valence-corrected chi connectivity index (χ1v) is 6.86. The van der Waals surface area contributed by atoms with Gasteiger partial charge in [0.15, 0.2) is 0 Å². The van der Waals surface area contributed by atoms with Gasteiger partial charge in [0, 0.05) is 38.1 Å².